The van der Waals surface area contributed by atoms with Crippen molar-refractivity contribution in [3.63, 3.8) is 0 Å². The van der Waals surface area contributed by atoms with E-state index in [0.717, 1.165) is 6.07 Å². The van der Waals surface area contributed by atoms with Crippen LogP contribution in [0.1, 0.15) is 5.56 Å². The highest BCUT2D eigenvalue weighted by Gasteiger charge is 2.11. The summed E-state index contributed by atoms with van der Waals surface area (Å²) in [4.78, 5) is 1.28. The smallest absolute Gasteiger partial charge is 0.200 e. The molecule has 5 nitrogen and oxygen atoms in total. The first kappa shape index (κ1) is 11.3. The monoisotopic (exact) mass is 240 g/mol. The van der Waals surface area contributed by atoms with Crippen LogP contribution >= 0.6 is 0 Å². The molecule has 2 aromatic rings. The van der Waals surface area contributed by atoms with E-state index in [-0.39, 0.29) is 18.1 Å². The predicted molar refractivity (Wildman–Crippen MR) is 56.4 cm³/mol. The van der Waals surface area contributed by atoms with E-state index in [1.165, 1.54) is 24.2 Å². The third-order valence-corrected chi connectivity index (χ3v) is 2.15. The Kier molecular flexibility index (Phi) is 2.90. The Bertz CT molecular complexity index is 541. The molecular formula is C10H10F2N4O. The minimum absolute atomic E-state index is 0.153. The number of hydrogen-bond acceptors (Lipinski definition) is 4. The molecule has 0 bridgehead atoms. The molecule has 17 heavy (non-hydrogen) atoms. The van der Waals surface area contributed by atoms with Crippen molar-refractivity contribution >= 4 is 5.82 Å². The second-order valence-corrected chi connectivity index (χ2v) is 3.39. The van der Waals surface area contributed by atoms with Gasteiger partial charge >= 0.3 is 0 Å². The number of nitrogens with zero attached hydrogens (tertiary/aromatic N) is 3. The van der Waals surface area contributed by atoms with E-state index in [4.69, 9.17) is 10.5 Å². The first-order valence-electron chi connectivity index (χ1n) is 4.77. The molecule has 0 atom stereocenters. The molecule has 0 unspecified atom stereocenters. The van der Waals surface area contributed by atoms with Gasteiger partial charge in [0.1, 0.15) is 0 Å². The van der Waals surface area contributed by atoms with Crippen LogP contribution in [0.2, 0.25) is 0 Å². The maximum atomic E-state index is 13.2. The van der Waals surface area contributed by atoms with Gasteiger partial charge in [-0.25, -0.2) is 4.39 Å². The zero-order valence-corrected chi connectivity index (χ0v) is 9.02. The van der Waals surface area contributed by atoms with E-state index in [1.807, 2.05) is 0 Å². The number of ether oxygens (including phenoxy) is 1. The van der Waals surface area contributed by atoms with Crippen LogP contribution in [-0.4, -0.2) is 22.1 Å². The Hall–Kier alpha value is -2.18. The van der Waals surface area contributed by atoms with E-state index in [2.05, 4.69) is 10.2 Å². The van der Waals surface area contributed by atoms with Gasteiger partial charge in [-0.3, -0.25) is 0 Å². The Morgan fingerprint density at radius 2 is 2.18 bits per heavy atom. The standard InChI is InChI=1S/C10H10F2N4O/c1-17-8-3-6(2-7(11)10(8)12)5-16-14-4-9(13)15-16/h2-4H,5H2,1H3,(H2,13,15). The number of rotatable bonds is 3. The summed E-state index contributed by atoms with van der Waals surface area (Å²) in [7, 11) is 1.27. The molecule has 0 aliphatic carbocycles. The van der Waals surface area contributed by atoms with E-state index >= 15 is 0 Å². The summed E-state index contributed by atoms with van der Waals surface area (Å²) < 4.78 is 31.1. The van der Waals surface area contributed by atoms with E-state index < -0.39 is 11.6 Å². The summed E-state index contributed by atoms with van der Waals surface area (Å²) in [5, 5.41) is 7.68. The summed E-state index contributed by atoms with van der Waals surface area (Å²) in [6, 6.07) is 2.45. The van der Waals surface area contributed by atoms with Crippen molar-refractivity contribution in [1.82, 2.24) is 15.0 Å². The normalized spacial score (nSPS) is 10.5. The zero-order valence-electron chi connectivity index (χ0n) is 9.02. The van der Waals surface area contributed by atoms with Crippen LogP contribution in [0.25, 0.3) is 0 Å². The second-order valence-electron chi connectivity index (χ2n) is 3.39. The lowest BCUT2D eigenvalue weighted by atomic mass is 10.2. The van der Waals surface area contributed by atoms with Gasteiger partial charge < -0.3 is 10.5 Å². The molecule has 0 amide bonds. The first-order chi connectivity index (χ1) is 8.10. The van der Waals surface area contributed by atoms with E-state index in [1.54, 1.807) is 0 Å². The number of nitrogens with two attached hydrogens (primary N) is 1. The zero-order chi connectivity index (χ0) is 12.4. The third-order valence-electron chi connectivity index (χ3n) is 2.15. The van der Waals surface area contributed by atoms with Crippen molar-refractivity contribution < 1.29 is 13.5 Å². The van der Waals surface area contributed by atoms with Crippen molar-refractivity contribution in [2.24, 2.45) is 0 Å². The summed E-state index contributed by atoms with van der Waals surface area (Å²) >= 11 is 0. The Balaban J connectivity index is 2.30. The number of anilines is 1. The van der Waals surface area contributed by atoms with Gasteiger partial charge in [0, 0.05) is 0 Å². The topological polar surface area (TPSA) is 66.0 Å². The molecule has 2 N–H and O–H groups in total. The molecule has 90 valence electrons. The van der Waals surface area contributed by atoms with Crippen molar-refractivity contribution in [1.29, 1.82) is 0 Å². The summed E-state index contributed by atoms with van der Waals surface area (Å²) in [6.07, 6.45) is 1.37. The van der Waals surface area contributed by atoms with Crippen LogP contribution in [0.5, 0.6) is 5.75 Å². The van der Waals surface area contributed by atoms with Crippen LogP contribution in [0.3, 0.4) is 0 Å². The Morgan fingerprint density at radius 3 is 2.76 bits per heavy atom. The highest BCUT2D eigenvalue weighted by Crippen LogP contribution is 2.22. The first-order valence-corrected chi connectivity index (χ1v) is 4.77. The molecule has 1 aromatic heterocycles. The average molecular weight is 240 g/mol. The van der Waals surface area contributed by atoms with E-state index in [0.29, 0.717) is 5.56 Å². The summed E-state index contributed by atoms with van der Waals surface area (Å²) in [5.74, 6) is -1.87. The molecule has 1 aromatic carbocycles. The maximum Gasteiger partial charge on any atom is 0.200 e. The number of methoxy groups -OCH3 is 1. The van der Waals surface area contributed by atoms with Crippen LogP contribution in [-0.2, 0) is 6.54 Å². The van der Waals surface area contributed by atoms with Crippen LogP contribution in [0.4, 0.5) is 14.6 Å². The van der Waals surface area contributed by atoms with Gasteiger partial charge in [-0.05, 0) is 17.7 Å². The second kappa shape index (κ2) is 4.36. The van der Waals surface area contributed by atoms with E-state index in [9.17, 15) is 8.78 Å². The molecule has 2 rings (SSSR count). The van der Waals surface area contributed by atoms with Gasteiger partial charge in [0.25, 0.3) is 0 Å². The Morgan fingerprint density at radius 1 is 1.41 bits per heavy atom. The molecule has 0 radical (unpaired) electrons. The molecule has 1 heterocycles. The number of hydrogen-bond donors (Lipinski definition) is 1. The number of halogens is 2. The van der Waals surface area contributed by atoms with Gasteiger partial charge in [0.15, 0.2) is 17.4 Å². The molecule has 0 aliphatic rings. The maximum absolute atomic E-state index is 13.2. The lowest BCUT2D eigenvalue weighted by Crippen LogP contribution is -2.05. The van der Waals surface area contributed by atoms with Crippen LogP contribution in [0.15, 0.2) is 18.3 Å². The average Bonchev–Trinajstić information content (AvgIpc) is 2.69. The quantitative estimate of drug-likeness (QED) is 0.875. The molecule has 0 aliphatic heterocycles. The van der Waals surface area contributed by atoms with Gasteiger partial charge in [-0.1, -0.05) is 0 Å². The number of nitrogen functional groups attached to an aromatic ring is 1. The molecule has 7 heteroatoms. The Labute approximate surface area is 95.8 Å². The molecule has 0 fully saturated rings. The van der Waals surface area contributed by atoms with Crippen LogP contribution < -0.4 is 10.5 Å². The van der Waals surface area contributed by atoms with Crippen LogP contribution in [0, 0.1) is 11.6 Å². The molecule has 0 saturated carbocycles. The fourth-order valence-corrected chi connectivity index (χ4v) is 1.41. The minimum atomic E-state index is -1.01. The lowest BCUT2D eigenvalue weighted by molar-refractivity contribution is 0.370. The van der Waals surface area contributed by atoms with Crippen molar-refractivity contribution in [2.75, 3.05) is 12.8 Å². The molecule has 0 saturated heterocycles. The molecule has 0 spiro atoms. The highest BCUT2D eigenvalue weighted by molar-refractivity contribution is 5.31. The van der Waals surface area contributed by atoms with Gasteiger partial charge in [-0.2, -0.15) is 14.3 Å². The summed E-state index contributed by atoms with van der Waals surface area (Å²) in [6.45, 7) is 0.185. The molecular weight excluding hydrogens is 230 g/mol. The summed E-state index contributed by atoms with van der Waals surface area (Å²) in [5.41, 5.74) is 5.87. The largest absolute Gasteiger partial charge is 0.494 e. The highest BCUT2D eigenvalue weighted by atomic mass is 19.2. The van der Waals surface area contributed by atoms with Crippen molar-refractivity contribution in [3.05, 3.63) is 35.5 Å². The SMILES string of the molecule is COc1cc(Cn2ncc(N)n2)cc(F)c1F. The fourth-order valence-electron chi connectivity index (χ4n) is 1.41. The predicted octanol–water partition coefficient (Wildman–Crippen LogP) is 1.20. The minimum Gasteiger partial charge on any atom is -0.494 e. The van der Waals surface area contributed by atoms with Crippen molar-refractivity contribution in [2.45, 2.75) is 6.54 Å². The fraction of sp³-hybridized carbons (Fsp3) is 0.200. The third kappa shape index (κ3) is 2.32. The lowest BCUT2D eigenvalue weighted by Gasteiger charge is -2.06. The van der Waals surface area contributed by atoms with Gasteiger partial charge in [0.2, 0.25) is 5.82 Å². The number of benzene rings is 1. The number of aromatic nitrogens is 3. The van der Waals surface area contributed by atoms with Crippen molar-refractivity contribution in [3.8, 4) is 5.75 Å². The van der Waals surface area contributed by atoms with Gasteiger partial charge in [-0.15, -0.1) is 5.10 Å². The van der Waals surface area contributed by atoms with Gasteiger partial charge in [0.05, 0.1) is 19.9 Å².